The van der Waals surface area contributed by atoms with E-state index in [-0.39, 0.29) is 10.8 Å². The molecule has 1 N–H and O–H groups in total. The average Bonchev–Trinajstić information content (AvgIpc) is 2.80. The number of rotatable bonds is 6. The minimum atomic E-state index is -3.54. The first-order chi connectivity index (χ1) is 15.4. The number of nitrogens with one attached hydrogen (secondary N) is 1. The van der Waals surface area contributed by atoms with Gasteiger partial charge in [-0.05, 0) is 67.3 Å². The molecule has 1 aliphatic rings. The Bertz CT molecular complexity index is 1180. The molecule has 4 rings (SSSR count). The van der Waals surface area contributed by atoms with Crippen LogP contribution in [0.4, 0.5) is 5.69 Å². The molecule has 7 nitrogen and oxygen atoms in total. The van der Waals surface area contributed by atoms with Crippen LogP contribution in [0.1, 0.15) is 30.1 Å². The van der Waals surface area contributed by atoms with Crippen LogP contribution >= 0.6 is 11.8 Å². The zero-order chi connectivity index (χ0) is 22.6. The smallest absolute Gasteiger partial charge is 0.255 e. The van der Waals surface area contributed by atoms with Crippen LogP contribution < -0.4 is 5.32 Å². The molecule has 0 spiro atoms. The fraction of sp³-hybridized carbons (Fsp3) is 0.261. The van der Waals surface area contributed by atoms with Gasteiger partial charge >= 0.3 is 0 Å². The molecule has 0 bridgehead atoms. The molecule has 9 heteroatoms. The number of piperidine rings is 1. The van der Waals surface area contributed by atoms with Crippen molar-refractivity contribution in [3.63, 3.8) is 0 Å². The fourth-order valence-electron chi connectivity index (χ4n) is 3.41. The van der Waals surface area contributed by atoms with Gasteiger partial charge in [-0.2, -0.15) is 4.31 Å². The van der Waals surface area contributed by atoms with Crippen LogP contribution in [0.2, 0.25) is 0 Å². The first-order valence-electron chi connectivity index (χ1n) is 10.4. The molecule has 1 fully saturated rings. The number of aromatic nitrogens is 2. The van der Waals surface area contributed by atoms with Gasteiger partial charge in [-0.15, -0.1) is 0 Å². The summed E-state index contributed by atoms with van der Waals surface area (Å²) in [6.07, 6.45) is 5.07. The lowest BCUT2D eigenvalue weighted by molar-refractivity contribution is 0.102. The van der Waals surface area contributed by atoms with Gasteiger partial charge in [0.2, 0.25) is 10.0 Å². The number of carbonyl (C=O) groups excluding carboxylic acids is 1. The monoisotopic (exact) mass is 468 g/mol. The average molecular weight is 469 g/mol. The van der Waals surface area contributed by atoms with Crippen molar-refractivity contribution in [1.29, 1.82) is 0 Å². The Morgan fingerprint density at radius 2 is 1.72 bits per heavy atom. The van der Waals surface area contributed by atoms with Gasteiger partial charge in [0.25, 0.3) is 5.91 Å². The van der Waals surface area contributed by atoms with Crippen LogP contribution in [0.25, 0.3) is 0 Å². The molecule has 0 unspecified atom stereocenters. The number of nitrogens with zero attached hydrogens (tertiary/aromatic N) is 3. The molecule has 166 valence electrons. The lowest BCUT2D eigenvalue weighted by Crippen LogP contribution is -2.37. The van der Waals surface area contributed by atoms with E-state index in [1.54, 1.807) is 36.7 Å². The number of pyridine rings is 2. The van der Waals surface area contributed by atoms with Crippen LogP contribution in [0.15, 0.2) is 81.9 Å². The second-order valence-electron chi connectivity index (χ2n) is 7.72. The van der Waals surface area contributed by atoms with E-state index in [4.69, 9.17) is 0 Å². The zero-order valence-electron chi connectivity index (χ0n) is 17.6. The van der Waals surface area contributed by atoms with Crippen LogP contribution in [0.5, 0.6) is 0 Å². The van der Waals surface area contributed by atoms with E-state index in [2.05, 4.69) is 22.2 Å². The predicted molar refractivity (Wildman–Crippen MR) is 124 cm³/mol. The van der Waals surface area contributed by atoms with E-state index < -0.39 is 10.0 Å². The Morgan fingerprint density at radius 1 is 1.00 bits per heavy atom. The van der Waals surface area contributed by atoms with Crippen molar-refractivity contribution in [3.8, 4) is 0 Å². The summed E-state index contributed by atoms with van der Waals surface area (Å²) >= 11 is 1.40. The summed E-state index contributed by atoms with van der Waals surface area (Å²) in [6.45, 7) is 3.21. The van der Waals surface area contributed by atoms with Gasteiger partial charge in [0.05, 0.1) is 4.90 Å². The van der Waals surface area contributed by atoms with Crippen molar-refractivity contribution in [2.45, 2.75) is 34.7 Å². The molecule has 0 saturated carbocycles. The molecule has 1 saturated heterocycles. The van der Waals surface area contributed by atoms with E-state index in [0.29, 0.717) is 35.3 Å². The molecule has 1 amide bonds. The number of amides is 1. The number of anilines is 1. The molecule has 1 aliphatic heterocycles. The van der Waals surface area contributed by atoms with E-state index in [0.717, 1.165) is 17.9 Å². The predicted octanol–water partition coefficient (Wildman–Crippen LogP) is 4.30. The lowest BCUT2D eigenvalue weighted by Gasteiger charge is -2.29. The molecule has 0 aliphatic carbocycles. The highest BCUT2D eigenvalue weighted by Crippen LogP contribution is 2.26. The van der Waals surface area contributed by atoms with Crippen molar-refractivity contribution >= 4 is 33.4 Å². The maximum absolute atomic E-state index is 12.9. The first-order valence-corrected chi connectivity index (χ1v) is 12.6. The maximum Gasteiger partial charge on any atom is 0.255 e. The highest BCUT2D eigenvalue weighted by atomic mass is 32.2. The molecule has 3 heterocycles. The van der Waals surface area contributed by atoms with E-state index in [9.17, 15) is 13.2 Å². The summed E-state index contributed by atoms with van der Waals surface area (Å²) < 4.78 is 27.3. The molecule has 0 atom stereocenters. The zero-order valence-corrected chi connectivity index (χ0v) is 19.3. The van der Waals surface area contributed by atoms with Gasteiger partial charge in [-0.25, -0.2) is 18.4 Å². The normalized spacial score (nSPS) is 15.4. The van der Waals surface area contributed by atoms with Gasteiger partial charge in [0.1, 0.15) is 10.1 Å². The van der Waals surface area contributed by atoms with Gasteiger partial charge in [-0.3, -0.25) is 4.79 Å². The number of benzene rings is 1. The van der Waals surface area contributed by atoms with Crippen molar-refractivity contribution in [1.82, 2.24) is 14.3 Å². The Morgan fingerprint density at radius 3 is 2.41 bits per heavy atom. The standard InChI is InChI=1S/C23H24N4O3S2/c1-17-10-14-27(15-11-17)32(29,30)20-7-5-18(6-8-20)23(28)26-19-9-13-25-22(16-19)31-21-4-2-3-12-24-21/h2-9,12-13,16-17H,10-11,14-15H2,1H3,(H,25,26,28). The number of hydrogen-bond donors (Lipinski definition) is 1. The van der Waals surface area contributed by atoms with Crippen molar-refractivity contribution in [2.24, 2.45) is 5.92 Å². The Hall–Kier alpha value is -2.75. The first kappa shape index (κ1) is 22.4. The third-order valence-corrected chi connectivity index (χ3v) is 8.13. The third kappa shape index (κ3) is 5.35. The van der Waals surface area contributed by atoms with Crippen molar-refractivity contribution in [3.05, 3.63) is 72.6 Å². The summed E-state index contributed by atoms with van der Waals surface area (Å²) in [6, 6.07) is 15.2. The van der Waals surface area contributed by atoms with Gasteiger partial charge < -0.3 is 5.32 Å². The fourth-order valence-corrected chi connectivity index (χ4v) is 5.66. The summed E-state index contributed by atoms with van der Waals surface area (Å²) in [7, 11) is -3.54. The van der Waals surface area contributed by atoms with Gasteiger partial charge in [0, 0.05) is 36.7 Å². The summed E-state index contributed by atoms with van der Waals surface area (Å²) in [4.78, 5) is 21.4. The van der Waals surface area contributed by atoms with Crippen LogP contribution in [0, 0.1) is 5.92 Å². The van der Waals surface area contributed by atoms with E-state index >= 15 is 0 Å². The van der Waals surface area contributed by atoms with E-state index in [1.165, 1.54) is 28.2 Å². The van der Waals surface area contributed by atoms with E-state index in [1.807, 2.05) is 18.2 Å². The van der Waals surface area contributed by atoms with Crippen LogP contribution in [-0.2, 0) is 10.0 Å². The minimum Gasteiger partial charge on any atom is -0.322 e. The summed E-state index contributed by atoms with van der Waals surface area (Å²) in [5, 5.41) is 4.35. The second-order valence-corrected chi connectivity index (χ2v) is 10.7. The van der Waals surface area contributed by atoms with Gasteiger partial charge in [0.15, 0.2) is 0 Å². The molecular weight excluding hydrogens is 444 g/mol. The molecule has 3 aromatic rings. The Kier molecular flexibility index (Phi) is 6.88. The third-order valence-electron chi connectivity index (χ3n) is 5.34. The number of carbonyl (C=O) groups is 1. The molecule has 1 aromatic carbocycles. The second kappa shape index (κ2) is 9.81. The lowest BCUT2D eigenvalue weighted by atomic mass is 10.0. The minimum absolute atomic E-state index is 0.210. The van der Waals surface area contributed by atoms with Crippen molar-refractivity contribution in [2.75, 3.05) is 18.4 Å². The Labute approximate surface area is 192 Å². The van der Waals surface area contributed by atoms with Crippen molar-refractivity contribution < 1.29 is 13.2 Å². The summed E-state index contributed by atoms with van der Waals surface area (Å²) in [5.41, 5.74) is 0.981. The maximum atomic E-state index is 12.9. The van der Waals surface area contributed by atoms with Gasteiger partial charge in [-0.1, -0.05) is 24.8 Å². The van der Waals surface area contributed by atoms with Crippen LogP contribution in [0.3, 0.4) is 0 Å². The highest BCUT2D eigenvalue weighted by molar-refractivity contribution is 7.99. The SMILES string of the molecule is CC1CCN(S(=O)(=O)c2ccc(C(=O)Nc3ccnc(Sc4ccccn4)c3)cc2)CC1. The topological polar surface area (TPSA) is 92.3 Å². The molecule has 0 radical (unpaired) electrons. The summed E-state index contributed by atoms with van der Waals surface area (Å²) in [5.74, 6) is 0.226. The molecular formula is C23H24N4O3S2. The number of hydrogen-bond acceptors (Lipinski definition) is 6. The van der Waals surface area contributed by atoms with Crippen LogP contribution in [-0.4, -0.2) is 41.7 Å². The number of sulfonamides is 1. The largest absolute Gasteiger partial charge is 0.322 e. The molecule has 2 aromatic heterocycles. The highest BCUT2D eigenvalue weighted by Gasteiger charge is 2.28. The Balaban J connectivity index is 1.43. The molecule has 32 heavy (non-hydrogen) atoms. The quantitative estimate of drug-likeness (QED) is 0.580.